The summed E-state index contributed by atoms with van der Waals surface area (Å²) in [7, 11) is -4.00. The highest BCUT2D eigenvalue weighted by Gasteiger charge is 2.24. The highest BCUT2D eigenvalue weighted by atomic mass is 32.2. The van der Waals surface area contributed by atoms with Gasteiger partial charge in [0.05, 0.1) is 10.8 Å². The molecule has 2 heterocycles. The molecule has 2 atom stereocenters. The predicted octanol–water partition coefficient (Wildman–Crippen LogP) is 2.30. The third-order valence-corrected chi connectivity index (χ3v) is 6.28. The van der Waals surface area contributed by atoms with E-state index in [2.05, 4.69) is 9.71 Å². The highest BCUT2D eigenvalue weighted by Crippen LogP contribution is 2.27. The van der Waals surface area contributed by atoms with Gasteiger partial charge in [-0.3, -0.25) is 4.79 Å². The second-order valence-electron chi connectivity index (χ2n) is 6.85. The van der Waals surface area contributed by atoms with Crippen LogP contribution in [-0.4, -0.2) is 41.4 Å². The van der Waals surface area contributed by atoms with E-state index >= 15 is 0 Å². The fourth-order valence-corrected chi connectivity index (χ4v) is 4.42. The lowest BCUT2D eigenvalue weighted by molar-refractivity contribution is -0.138. The summed E-state index contributed by atoms with van der Waals surface area (Å²) in [5.74, 6) is -2.36. The summed E-state index contributed by atoms with van der Waals surface area (Å²) in [6.07, 6.45) is 3.64. The fourth-order valence-electron chi connectivity index (χ4n) is 3.18. The molecule has 0 fully saturated rings. The number of aldehydes is 1. The average Bonchev–Trinajstić information content (AvgIpc) is 3.06. The Morgan fingerprint density at radius 3 is 2.63 bits per heavy atom. The molecule has 1 unspecified atom stereocenters. The number of nitrogens with one attached hydrogen (secondary N) is 1. The third-order valence-electron chi connectivity index (χ3n) is 4.75. The van der Waals surface area contributed by atoms with Gasteiger partial charge in [-0.1, -0.05) is 0 Å². The number of hydrogen-bond acceptors (Lipinski definition) is 5. The zero-order valence-electron chi connectivity index (χ0n) is 16.0. The number of carboxylic acids is 1. The quantitative estimate of drug-likeness (QED) is 0.500. The zero-order valence-corrected chi connectivity index (χ0v) is 16.8. The molecule has 2 aromatic heterocycles. The molecule has 3 rings (SSSR count). The normalized spacial score (nSPS) is 13.8. The van der Waals surface area contributed by atoms with E-state index < -0.39 is 33.8 Å². The average molecular weight is 433 g/mol. The van der Waals surface area contributed by atoms with E-state index in [0.29, 0.717) is 22.9 Å². The number of pyridine rings is 1. The van der Waals surface area contributed by atoms with Crippen molar-refractivity contribution in [2.24, 2.45) is 0 Å². The molecule has 0 radical (unpaired) electrons. The van der Waals surface area contributed by atoms with Gasteiger partial charge >= 0.3 is 5.97 Å². The lowest BCUT2D eigenvalue weighted by atomic mass is 10.0. The largest absolute Gasteiger partial charge is 0.481 e. The molecule has 10 heteroatoms. The molecule has 8 nitrogen and oxygen atoms in total. The minimum atomic E-state index is -4.00. The van der Waals surface area contributed by atoms with E-state index in [1.807, 2.05) is 0 Å². The van der Waals surface area contributed by atoms with Gasteiger partial charge in [0.2, 0.25) is 10.0 Å². The number of aliphatic carboxylic acids is 1. The first-order chi connectivity index (χ1) is 14.2. The molecule has 0 aliphatic heterocycles. The zero-order chi connectivity index (χ0) is 21.9. The van der Waals surface area contributed by atoms with Crippen molar-refractivity contribution >= 4 is 33.3 Å². The maximum absolute atomic E-state index is 13.1. The Labute approximate surface area is 172 Å². The van der Waals surface area contributed by atoms with Crippen LogP contribution < -0.4 is 4.72 Å². The van der Waals surface area contributed by atoms with Crippen molar-refractivity contribution in [1.29, 1.82) is 0 Å². The molecule has 0 amide bonds. The number of nitrogens with zero attached hydrogens (tertiary/aromatic N) is 2. The summed E-state index contributed by atoms with van der Waals surface area (Å²) in [5, 5.41) is 10.0. The van der Waals surface area contributed by atoms with Gasteiger partial charge in [0, 0.05) is 36.8 Å². The standard InChI is InChI=1S/C20H20FN3O5S/c1-13(20(26)27)18-12-24(19-17(18)3-2-9-22-19)11-15(8-10-25)23-30(28,29)16-6-4-14(21)5-7-16/h2-7,9-10,12-13,15,23H,8,11H2,1H3,(H,26,27)/t13?,15-/m1/s1. The first kappa shape index (κ1) is 21.6. The number of benzene rings is 1. The predicted molar refractivity (Wildman–Crippen MR) is 107 cm³/mol. The van der Waals surface area contributed by atoms with Gasteiger partial charge in [0.1, 0.15) is 17.8 Å². The van der Waals surface area contributed by atoms with E-state index in [0.717, 1.165) is 24.3 Å². The van der Waals surface area contributed by atoms with Crippen LogP contribution in [0.4, 0.5) is 4.39 Å². The Bertz CT molecular complexity index is 1170. The summed E-state index contributed by atoms with van der Waals surface area (Å²) in [6, 6.07) is 6.95. The van der Waals surface area contributed by atoms with Crippen molar-refractivity contribution in [2.75, 3.05) is 0 Å². The molecule has 1 aromatic carbocycles. The maximum Gasteiger partial charge on any atom is 0.310 e. The van der Waals surface area contributed by atoms with Gasteiger partial charge in [-0.15, -0.1) is 0 Å². The van der Waals surface area contributed by atoms with E-state index in [1.54, 1.807) is 36.0 Å². The van der Waals surface area contributed by atoms with E-state index in [9.17, 15) is 27.5 Å². The molecule has 0 aliphatic carbocycles. The van der Waals surface area contributed by atoms with Crippen LogP contribution in [0.5, 0.6) is 0 Å². The molecule has 2 N–H and O–H groups in total. The summed E-state index contributed by atoms with van der Waals surface area (Å²) >= 11 is 0. The van der Waals surface area contributed by atoms with Crippen molar-refractivity contribution in [3.05, 3.63) is 60.2 Å². The number of carbonyl (C=O) groups is 2. The molecular formula is C20H20FN3O5S. The highest BCUT2D eigenvalue weighted by molar-refractivity contribution is 7.89. The van der Waals surface area contributed by atoms with Crippen molar-refractivity contribution in [2.45, 2.75) is 36.7 Å². The number of sulfonamides is 1. The molecular weight excluding hydrogens is 413 g/mol. The molecule has 0 spiro atoms. The van der Waals surface area contributed by atoms with Gasteiger partial charge in [0.25, 0.3) is 0 Å². The number of carboxylic acid groups (broad SMARTS) is 1. The van der Waals surface area contributed by atoms with Crippen molar-refractivity contribution in [3.8, 4) is 0 Å². The van der Waals surface area contributed by atoms with Gasteiger partial charge in [-0.2, -0.15) is 0 Å². The third kappa shape index (κ3) is 4.55. The Balaban J connectivity index is 1.93. The summed E-state index contributed by atoms with van der Waals surface area (Å²) in [6.45, 7) is 1.60. The number of rotatable bonds is 9. The van der Waals surface area contributed by atoms with Gasteiger partial charge < -0.3 is 14.5 Å². The van der Waals surface area contributed by atoms with Crippen LogP contribution in [0.2, 0.25) is 0 Å². The van der Waals surface area contributed by atoms with Crippen LogP contribution in [0.25, 0.3) is 11.0 Å². The second-order valence-corrected chi connectivity index (χ2v) is 8.56. The Hall–Kier alpha value is -3.11. The number of halogens is 1. The van der Waals surface area contributed by atoms with Gasteiger partial charge in [0.15, 0.2) is 0 Å². The van der Waals surface area contributed by atoms with Gasteiger partial charge in [-0.05, 0) is 48.9 Å². The minimum Gasteiger partial charge on any atom is -0.481 e. The Morgan fingerprint density at radius 2 is 2.00 bits per heavy atom. The topological polar surface area (TPSA) is 118 Å². The van der Waals surface area contributed by atoms with Crippen LogP contribution in [0.15, 0.2) is 53.7 Å². The van der Waals surface area contributed by atoms with Gasteiger partial charge in [-0.25, -0.2) is 22.5 Å². The first-order valence-corrected chi connectivity index (χ1v) is 10.6. The Kier molecular flexibility index (Phi) is 6.28. The van der Waals surface area contributed by atoms with Crippen molar-refractivity contribution in [3.63, 3.8) is 0 Å². The molecule has 0 saturated heterocycles. The molecule has 158 valence electrons. The monoisotopic (exact) mass is 433 g/mol. The Morgan fingerprint density at radius 1 is 1.30 bits per heavy atom. The lowest BCUT2D eigenvalue weighted by Crippen LogP contribution is -2.38. The first-order valence-electron chi connectivity index (χ1n) is 9.11. The fraction of sp³-hybridized carbons (Fsp3) is 0.250. The number of carbonyl (C=O) groups excluding carboxylic acids is 1. The van der Waals surface area contributed by atoms with Crippen molar-refractivity contribution < 1.29 is 27.5 Å². The number of fused-ring (bicyclic) bond motifs is 1. The molecule has 0 aliphatic rings. The van der Waals surface area contributed by atoms with E-state index in [1.165, 1.54) is 0 Å². The minimum absolute atomic E-state index is 0.0546. The van der Waals surface area contributed by atoms with Crippen LogP contribution >= 0.6 is 0 Å². The molecule has 0 bridgehead atoms. The van der Waals surface area contributed by atoms with Crippen molar-refractivity contribution in [1.82, 2.24) is 14.3 Å². The summed E-state index contributed by atoms with van der Waals surface area (Å²) in [4.78, 5) is 26.8. The smallest absolute Gasteiger partial charge is 0.310 e. The lowest BCUT2D eigenvalue weighted by Gasteiger charge is -2.18. The van der Waals surface area contributed by atoms with Crippen LogP contribution in [0.1, 0.15) is 24.8 Å². The summed E-state index contributed by atoms with van der Waals surface area (Å²) < 4.78 is 42.5. The number of hydrogen-bond donors (Lipinski definition) is 2. The molecule has 0 saturated carbocycles. The second kappa shape index (κ2) is 8.72. The SMILES string of the molecule is CC(C(=O)O)c1cn(C[C@@H](CC=O)NS(=O)(=O)c2ccc(F)cc2)c2ncccc12. The molecule has 3 aromatic rings. The van der Waals surface area contributed by atoms with E-state index in [-0.39, 0.29) is 17.9 Å². The summed E-state index contributed by atoms with van der Waals surface area (Å²) in [5.41, 5.74) is 1.02. The molecule has 30 heavy (non-hydrogen) atoms. The van der Waals surface area contributed by atoms with Crippen LogP contribution in [-0.2, 0) is 26.2 Å². The number of aromatic nitrogens is 2. The van der Waals surface area contributed by atoms with E-state index in [4.69, 9.17) is 0 Å². The maximum atomic E-state index is 13.1. The van der Waals surface area contributed by atoms with Crippen LogP contribution in [0.3, 0.4) is 0 Å². The van der Waals surface area contributed by atoms with Crippen LogP contribution in [0, 0.1) is 5.82 Å².